The number of nitrogens with zero attached hydrogens (tertiary/aromatic N) is 6. The van der Waals surface area contributed by atoms with E-state index in [1.54, 1.807) is 4.52 Å². The van der Waals surface area contributed by atoms with Gasteiger partial charge in [0.2, 0.25) is 5.91 Å². The molecule has 0 unspecified atom stereocenters. The van der Waals surface area contributed by atoms with Crippen molar-refractivity contribution in [2.45, 2.75) is 40.5 Å². The molecule has 1 fully saturated rings. The van der Waals surface area contributed by atoms with Gasteiger partial charge in [0.05, 0.1) is 6.42 Å². The van der Waals surface area contributed by atoms with Crippen molar-refractivity contribution >= 4 is 11.7 Å². The van der Waals surface area contributed by atoms with Crippen molar-refractivity contribution in [1.82, 2.24) is 29.4 Å². The molecule has 25 heavy (non-hydrogen) atoms. The van der Waals surface area contributed by atoms with E-state index >= 15 is 0 Å². The Hall–Kier alpha value is -2.02. The predicted molar refractivity (Wildman–Crippen MR) is 96.4 cm³/mol. The zero-order valence-corrected chi connectivity index (χ0v) is 15.7. The zero-order valence-electron chi connectivity index (χ0n) is 15.7. The molecule has 1 saturated heterocycles. The quantitative estimate of drug-likeness (QED) is 0.822. The smallest absolute Gasteiger partial charge is 0.252 e. The second kappa shape index (κ2) is 7.47. The van der Waals surface area contributed by atoms with Crippen LogP contribution in [0.15, 0.2) is 6.07 Å². The summed E-state index contributed by atoms with van der Waals surface area (Å²) in [5.74, 6) is 1.95. The molecule has 2 aromatic heterocycles. The fourth-order valence-corrected chi connectivity index (χ4v) is 3.19. The first-order valence-electron chi connectivity index (χ1n) is 9.12. The number of carbonyl (C=O) groups is 1. The molecule has 7 heteroatoms. The molecule has 0 N–H and O–H groups in total. The Labute approximate surface area is 149 Å². The van der Waals surface area contributed by atoms with E-state index in [-0.39, 0.29) is 12.3 Å². The Bertz CT molecular complexity index is 745. The highest BCUT2D eigenvalue weighted by molar-refractivity contribution is 5.78. The van der Waals surface area contributed by atoms with Crippen LogP contribution in [0.5, 0.6) is 0 Å². The van der Waals surface area contributed by atoms with Gasteiger partial charge in [-0.15, -0.1) is 5.10 Å². The van der Waals surface area contributed by atoms with Gasteiger partial charge >= 0.3 is 0 Å². The summed E-state index contributed by atoms with van der Waals surface area (Å²) >= 11 is 0. The minimum Gasteiger partial charge on any atom is -0.340 e. The van der Waals surface area contributed by atoms with Crippen LogP contribution >= 0.6 is 0 Å². The summed E-state index contributed by atoms with van der Waals surface area (Å²) in [5, 5.41) is 4.44. The van der Waals surface area contributed by atoms with E-state index in [9.17, 15) is 4.79 Å². The maximum Gasteiger partial charge on any atom is 0.252 e. The van der Waals surface area contributed by atoms with Crippen molar-refractivity contribution in [3.63, 3.8) is 0 Å². The number of rotatable bonds is 5. The van der Waals surface area contributed by atoms with E-state index in [0.717, 1.165) is 50.0 Å². The van der Waals surface area contributed by atoms with Crippen LogP contribution in [0.1, 0.15) is 37.5 Å². The zero-order chi connectivity index (χ0) is 18.0. The van der Waals surface area contributed by atoms with Crippen LogP contribution < -0.4 is 0 Å². The molecule has 0 aromatic carbocycles. The molecule has 2 aromatic rings. The van der Waals surface area contributed by atoms with E-state index in [2.05, 4.69) is 33.8 Å². The molecule has 0 bridgehead atoms. The van der Waals surface area contributed by atoms with Crippen molar-refractivity contribution in [2.24, 2.45) is 5.92 Å². The number of hydrogen-bond acceptors (Lipinski definition) is 5. The summed E-state index contributed by atoms with van der Waals surface area (Å²) in [6.45, 7) is 13.0. The molecule has 0 radical (unpaired) electrons. The highest BCUT2D eigenvalue weighted by atomic mass is 16.2. The monoisotopic (exact) mass is 344 g/mol. The Kier molecular flexibility index (Phi) is 5.32. The number of piperazine rings is 1. The van der Waals surface area contributed by atoms with Gasteiger partial charge < -0.3 is 4.90 Å². The lowest BCUT2D eigenvalue weighted by Gasteiger charge is -2.34. The fraction of sp³-hybridized carbons (Fsp3) is 0.667. The second-order valence-corrected chi connectivity index (χ2v) is 7.36. The highest BCUT2D eigenvalue weighted by Gasteiger charge is 2.22. The number of aryl methyl sites for hydroxylation is 2. The molecule has 1 amide bonds. The highest BCUT2D eigenvalue weighted by Crippen LogP contribution is 2.09. The first kappa shape index (κ1) is 17.8. The number of carbonyl (C=O) groups excluding carboxylic acids is 1. The topological polar surface area (TPSA) is 66.6 Å². The van der Waals surface area contributed by atoms with Crippen molar-refractivity contribution in [3.05, 3.63) is 23.3 Å². The van der Waals surface area contributed by atoms with Gasteiger partial charge in [-0.2, -0.15) is 4.98 Å². The van der Waals surface area contributed by atoms with Gasteiger partial charge in [0.1, 0.15) is 0 Å². The maximum absolute atomic E-state index is 12.6. The molecule has 136 valence electrons. The summed E-state index contributed by atoms with van der Waals surface area (Å²) in [4.78, 5) is 25.7. The lowest BCUT2D eigenvalue weighted by atomic mass is 10.1. The minimum atomic E-state index is 0.105. The van der Waals surface area contributed by atoms with Gasteiger partial charge in [-0.3, -0.25) is 9.69 Å². The summed E-state index contributed by atoms with van der Waals surface area (Å²) in [7, 11) is 0. The van der Waals surface area contributed by atoms with Crippen LogP contribution in [-0.2, 0) is 11.2 Å². The Balaban J connectivity index is 1.57. The third-order valence-electron chi connectivity index (χ3n) is 4.72. The van der Waals surface area contributed by atoms with Crippen molar-refractivity contribution < 1.29 is 4.79 Å². The Morgan fingerprint density at radius 2 is 1.88 bits per heavy atom. The molecule has 0 aliphatic carbocycles. The molecular weight excluding hydrogens is 316 g/mol. The average Bonchev–Trinajstić information content (AvgIpc) is 2.96. The van der Waals surface area contributed by atoms with E-state index in [0.29, 0.717) is 11.6 Å². The molecule has 1 aliphatic rings. The Morgan fingerprint density at radius 3 is 2.56 bits per heavy atom. The van der Waals surface area contributed by atoms with Gasteiger partial charge in [-0.1, -0.05) is 13.8 Å². The van der Waals surface area contributed by atoms with E-state index in [1.807, 2.05) is 24.8 Å². The summed E-state index contributed by atoms with van der Waals surface area (Å²) < 4.78 is 1.71. The lowest BCUT2D eigenvalue weighted by Crippen LogP contribution is -2.49. The van der Waals surface area contributed by atoms with Gasteiger partial charge in [0, 0.05) is 37.6 Å². The second-order valence-electron chi connectivity index (χ2n) is 7.36. The van der Waals surface area contributed by atoms with Gasteiger partial charge in [0.25, 0.3) is 5.78 Å². The van der Waals surface area contributed by atoms with Gasteiger partial charge in [0.15, 0.2) is 5.82 Å². The molecule has 0 saturated carbocycles. The van der Waals surface area contributed by atoms with E-state index in [4.69, 9.17) is 0 Å². The maximum atomic E-state index is 12.6. The molecule has 3 heterocycles. The summed E-state index contributed by atoms with van der Waals surface area (Å²) in [6.07, 6.45) is 1.46. The summed E-state index contributed by atoms with van der Waals surface area (Å²) in [5.41, 5.74) is 1.89. The van der Waals surface area contributed by atoms with Crippen molar-refractivity contribution in [1.29, 1.82) is 0 Å². The van der Waals surface area contributed by atoms with Gasteiger partial charge in [-0.25, -0.2) is 9.50 Å². The standard InChI is InChI=1S/C18H28N6O/c1-13(2)5-6-22-7-9-23(10-8-22)17(25)12-16-20-18-19-14(3)11-15(4)24(18)21-16/h11,13H,5-10,12H2,1-4H3. The average molecular weight is 344 g/mol. The normalized spacial score (nSPS) is 16.1. The van der Waals surface area contributed by atoms with Crippen LogP contribution in [0.25, 0.3) is 5.78 Å². The predicted octanol–water partition coefficient (Wildman–Crippen LogP) is 1.47. The van der Waals surface area contributed by atoms with Crippen LogP contribution in [0.3, 0.4) is 0 Å². The fourth-order valence-electron chi connectivity index (χ4n) is 3.19. The lowest BCUT2D eigenvalue weighted by molar-refractivity contribution is -0.132. The van der Waals surface area contributed by atoms with E-state index < -0.39 is 0 Å². The van der Waals surface area contributed by atoms with Crippen LogP contribution in [0.4, 0.5) is 0 Å². The van der Waals surface area contributed by atoms with Crippen LogP contribution in [0.2, 0.25) is 0 Å². The van der Waals surface area contributed by atoms with Crippen LogP contribution in [-0.4, -0.2) is 68.0 Å². The number of hydrogen-bond donors (Lipinski definition) is 0. The molecule has 0 atom stereocenters. The Morgan fingerprint density at radius 1 is 1.16 bits per heavy atom. The summed E-state index contributed by atoms with van der Waals surface area (Å²) in [6, 6.07) is 1.96. The number of fused-ring (bicyclic) bond motifs is 1. The minimum absolute atomic E-state index is 0.105. The SMILES string of the molecule is Cc1cc(C)n2nc(CC(=O)N3CCN(CCC(C)C)CC3)nc2n1. The molecule has 0 spiro atoms. The largest absolute Gasteiger partial charge is 0.340 e. The van der Waals surface area contributed by atoms with Crippen molar-refractivity contribution in [2.75, 3.05) is 32.7 Å². The molecule has 3 rings (SSSR count). The third-order valence-corrected chi connectivity index (χ3v) is 4.72. The number of amides is 1. The number of aromatic nitrogens is 4. The van der Waals surface area contributed by atoms with Gasteiger partial charge in [-0.05, 0) is 38.8 Å². The van der Waals surface area contributed by atoms with Crippen LogP contribution in [0, 0.1) is 19.8 Å². The molecule has 1 aliphatic heterocycles. The first-order valence-corrected chi connectivity index (χ1v) is 9.12. The van der Waals surface area contributed by atoms with Crippen molar-refractivity contribution in [3.8, 4) is 0 Å². The molecular formula is C18H28N6O. The third kappa shape index (κ3) is 4.34. The first-order chi connectivity index (χ1) is 11.9. The molecule has 7 nitrogen and oxygen atoms in total. The van der Waals surface area contributed by atoms with E-state index in [1.165, 1.54) is 6.42 Å².